The van der Waals surface area contributed by atoms with Crippen LogP contribution >= 0.6 is 0 Å². The third kappa shape index (κ3) is 3.91. The van der Waals surface area contributed by atoms with Gasteiger partial charge in [0, 0.05) is 28.0 Å². The van der Waals surface area contributed by atoms with E-state index >= 15 is 0 Å². The Morgan fingerprint density at radius 2 is 1.39 bits per heavy atom. The first kappa shape index (κ1) is 23.3. The summed E-state index contributed by atoms with van der Waals surface area (Å²) in [5.41, 5.74) is 0.955. The minimum atomic E-state index is -4.06. The second kappa shape index (κ2) is 8.98. The van der Waals surface area contributed by atoms with Crippen LogP contribution in [0.25, 0.3) is 32.7 Å². The summed E-state index contributed by atoms with van der Waals surface area (Å²) >= 11 is 0. The average Bonchev–Trinajstić information content (AvgIpc) is 2.90. The number of aromatic hydroxyl groups is 2. The summed E-state index contributed by atoms with van der Waals surface area (Å²) < 4.78 is 39.9. The van der Waals surface area contributed by atoms with Gasteiger partial charge in [-0.05, 0) is 35.0 Å². The molecule has 0 amide bonds. The van der Waals surface area contributed by atoms with Gasteiger partial charge in [-0.1, -0.05) is 54.6 Å². The minimum Gasteiger partial charge on any atom is -0.507 e. The van der Waals surface area contributed by atoms with Gasteiger partial charge in [0.1, 0.15) is 11.5 Å². The molecule has 3 N–H and O–H groups in total. The molecule has 5 aromatic carbocycles. The van der Waals surface area contributed by atoms with E-state index in [0.29, 0.717) is 27.6 Å². The highest BCUT2D eigenvalue weighted by molar-refractivity contribution is 7.92. The molecule has 0 bridgehead atoms. The third-order valence-corrected chi connectivity index (χ3v) is 7.47. The van der Waals surface area contributed by atoms with Gasteiger partial charge < -0.3 is 19.7 Å². The normalized spacial score (nSPS) is 11.5. The lowest BCUT2D eigenvalue weighted by Gasteiger charge is -2.17. The second-order valence-electron chi connectivity index (χ2n) is 8.17. The van der Waals surface area contributed by atoms with Crippen molar-refractivity contribution in [1.82, 2.24) is 0 Å². The topological polar surface area (TPSA) is 105 Å². The standard InChI is InChI=1S/C28H23NO6S/c1-34-25-14-12-18(15-26(25)35-2)36(32,33)29-23-16-22(28(31)21-10-6-5-9-20(21)23)27-19-8-4-3-7-17(19)11-13-24(27)30/h3-16,29-31H,1-2H3. The maximum atomic E-state index is 13.4. The third-order valence-electron chi connectivity index (χ3n) is 6.10. The van der Waals surface area contributed by atoms with Crippen molar-refractivity contribution in [3.8, 4) is 34.1 Å². The van der Waals surface area contributed by atoms with E-state index in [9.17, 15) is 18.6 Å². The molecule has 0 saturated heterocycles. The predicted octanol–water partition coefficient (Wildman–Crippen LogP) is 5.89. The zero-order valence-corrected chi connectivity index (χ0v) is 20.3. The number of nitrogens with one attached hydrogen (secondary N) is 1. The molecule has 0 spiro atoms. The molecule has 0 fully saturated rings. The van der Waals surface area contributed by atoms with Crippen LogP contribution in [0.2, 0.25) is 0 Å². The van der Waals surface area contributed by atoms with E-state index in [1.807, 2.05) is 24.3 Å². The van der Waals surface area contributed by atoms with Crippen LogP contribution in [0.15, 0.2) is 89.8 Å². The molecule has 0 aromatic heterocycles. The zero-order chi connectivity index (χ0) is 25.4. The molecule has 5 aromatic rings. The van der Waals surface area contributed by atoms with Gasteiger partial charge in [-0.15, -0.1) is 0 Å². The maximum absolute atomic E-state index is 13.4. The Bertz CT molecular complexity index is 1730. The molecule has 182 valence electrons. The summed E-state index contributed by atoms with van der Waals surface area (Å²) in [5.74, 6) is 0.580. The number of sulfonamides is 1. The van der Waals surface area contributed by atoms with E-state index in [1.165, 1.54) is 38.5 Å². The SMILES string of the molecule is COc1ccc(S(=O)(=O)Nc2cc(-c3c(O)ccc4ccccc34)c(O)c3ccccc23)cc1OC. The Morgan fingerprint density at radius 1 is 0.722 bits per heavy atom. The summed E-state index contributed by atoms with van der Waals surface area (Å²) in [5, 5.41) is 24.6. The van der Waals surface area contributed by atoms with Crippen LogP contribution in [0, 0.1) is 0 Å². The lowest BCUT2D eigenvalue weighted by molar-refractivity contribution is 0.354. The number of benzene rings is 5. The molecule has 0 aliphatic heterocycles. The highest BCUT2D eigenvalue weighted by Gasteiger charge is 2.22. The van der Waals surface area contributed by atoms with E-state index in [-0.39, 0.29) is 27.8 Å². The molecule has 7 nitrogen and oxygen atoms in total. The van der Waals surface area contributed by atoms with E-state index in [2.05, 4.69) is 4.72 Å². The molecule has 0 aliphatic rings. The molecule has 36 heavy (non-hydrogen) atoms. The fraction of sp³-hybridized carbons (Fsp3) is 0.0714. The molecule has 0 heterocycles. The fourth-order valence-corrected chi connectivity index (χ4v) is 5.45. The van der Waals surface area contributed by atoms with E-state index in [0.717, 1.165) is 10.8 Å². The Morgan fingerprint density at radius 3 is 2.11 bits per heavy atom. The summed E-state index contributed by atoms with van der Waals surface area (Å²) in [7, 11) is -1.16. The Kier molecular flexibility index (Phi) is 5.81. The van der Waals surface area contributed by atoms with Gasteiger partial charge in [0.2, 0.25) is 0 Å². The molecule has 0 atom stereocenters. The van der Waals surface area contributed by atoms with Gasteiger partial charge in [-0.3, -0.25) is 4.72 Å². The smallest absolute Gasteiger partial charge is 0.262 e. The molecule has 5 rings (SSSR count). The van der Waals surface area contributed by atoms with Gasteiger partial charge in [0.05, 0.1) is 24.8 Å². The lowest BCUT2D eigenvalue weighted by atomic mass is 9.93. The molecule has 0 unspecified atom stereocenters. The minimum absolute atomic E-state index is 0.0214. The van der Waals surface area contributed by atoms with Crippen molar-refractivity contribution >= 4 is 37.3 Å². The van der Waals surface area contributed by atoms with Crippen molar-refractivity contribution in [3.05, 3.63) is 84.9 Å². The number of anilines is 1. The monoisotopic (exact) mass is 501 g/mol. The van der Waals surface area contributed by atoms with Gasteiger partial charge >= 0.3 is 0 Å². The van der Waals surface area contributed by atoms with Crippen molar-refractivity contribution in [3.63, 3.8) is 0 Å². The Balaban J connectivity index is 1.72. The van der Waals surface area contributed by atoms with Crippen LogP contribution < -0.4 is 14.2 Å². The highest BCUT2D eigenvalue weighted by atomic mass is 32.2. The number of fused-ring (bicyclic) bond motifs is 2. The Labute approximate surface area is 208 Å². The van der Waals surface area contributed by atoms with Crippen molar-refractivity contribution in [2.45, 2.75) is 4.90 Å². The molecular formula is C28H23NO6S. The summed E-state index contributed by atoms with van der Waals surface area (Å²) in [6.07, 6.45) is 0. The number of methoxy groups -OCH3 is 2. The Hall–Kier alpha value is -4.43. The molecule has 0 saturated carbocycles. The van der Waals surface area contributed by atoms with Crippen molar-refractivity contribution in [1.29, 1.82) is 0 Å². The van der Waals surface area contributed by atoms with Crippen LogP contribution in [0.4, 0.5) is 5.69 Å². The second-order valence-corrected chi connectivity index (χ2v) is 9.85. The van der Waals surface area contributed by atoms with Crippen LogP contribution in [0.1, 0.15) is 0 Å². The van der Waals surface area contributed by atoms with Crippen LogP contribution in [-0.4, -0.2) is 32.9 Å². The molecular weight excluding hydrogens is 478 g/mol. The summed E-state index contributed by atoms with van der Waals surface area (Å²) in [4.78, 5) is -0.0214. The summed E-state index contributed by atoms with van der Waals surface area (Å²) in [6, 6.07) is 23.6. The average molecular weight is 502 g/mol. The van der Waals surface area contributed by atoms with Crippen LogP contribution in [-0.2, 0) is 10.0 Å². The maximum Gasteiger partial charge on any atom is 0.262 e. The van der Waals surface area contributed by atoms with Crippen molar-refractivity contribution in [2.75, 3.05) is 18.9 Å². The number of phenols is 2. The molecule has 8 heteroatoms. The van der Waals surface area contributed by atoms with Crippen LogP contribution in [0.5, 0.6) is 23.0 Å². The van der Waals surface area contributed by atoms with Gasteiger partial charge in [0.15, 0.2) is 11.5 Å². The van der Waals surface area contributed by atoms with E-state index in [4.69, 9.17) is 9.47 Å². The zero-order valence-electron chi connectivity index (χ0n) is 19.5. The first-order valence-electron chi connectivity index (χ1n) is 11.0. The van der Waals surface area contributed by atoms with Crippen molar-refractivity contribution < 1.29 is 28.1 Å². The number of hydrogen-bond donors (Lipinski definition) is 3. The highest BCUT2D eigenvalue weighted by Crippen LogP contribution is 2.46. The predicted molar refractivity (Wildman–Crippen MR) is 141 cm³/mol. The molecule has 0 radical (unpaired) electrons. The summed E-state index contributed by atoms with van der Waals surface area (Å²) in [6.45, 7) is 0. The first-order chi connectivity index (χ1) is 17.3. The lowest BCUT2D eigenvalue weighted by Crippen LogP contribution is -2.13. The number of rotatable bonds is 6. The van der Waals surface area contributed by atoms with Gasteiger partial charge in [0.25, 0.3) is 10.0 Å². The van der Waals surface area contributed by atoms with Crippen molar-refractivity contribution in [2.24, 2.45) is 0 Å². The number of hydrogen-bond acceptors (Lipinski definition) is 6. The van der Waals surface area contributed by atoms with E-state index in [1.54, 1.807) is 36.4 Å². The quantitative estimate of drug-likeness (QED) is 0.251. The largest absolute Gasteiger partial charge is 0.507 e. The first-order valence-corrected chi connectivity index (χ1v) is 12.5. The van der Waals surface area contributed by atoms with Crippen LogP contribution in [0.3, 0.4) is 0 Å². The van der Waals surface area contributed by atoms with Gasteiger partial charge in [-0.25, -0.2) is 8.42 Å². The van der Waals surface area contributed by atoms with E-state index < -0.39 is 10.0 Å². The fourth-order valence-electron chi connectivity index (χ4n) is 4.37. The number of phenolic OH excluding ortho intramolecular Hbond substituents is 2. The van der Waals surface area contributed by atoms with Gasteiger partial charge in [-0.2, -0.15) is 0 Å². The number of ether oxygens (including phenoxy) is 2. The molecule has 0 aliphatic carbocycles.